The van der Waals surface area contributed by atoms with E-state index in [9.17, 15) is 9.18 Å². The molecule has 0 saturated carbocycles. The number of pyridine rings is 1. The Balaban J connectivity index is 1.43. The van der Waals surface area contributed by atoms with Crippen LogP contribution in [0.3, 0.4) is 0 Å². The van der Waals surface area contributed by atoms with Gasteiger partial charge in [-0.05, 0) is 37.9 Å². The van der Waals surface area contributed by atoms with E-state index in [-0.39, 0.29) is 6.04 Å². The van der Waals surface area contributed by atoms with Gasteiger partial charge in [0, 0.05) is 31.7 Å². The highest BCUT2D eigenvalue weighted by Gasteiger charge is 2.20. The Morgan fingerprint density at radius 1 is 1.18 bits per heavy atom. The molecule has 1 aliphatic rings. The molecule has 158 valence electrons. The molecule has 28 heavy (non-hydrogen) atoms. The van der Waals surface area contributed by atoms with E-state index in [1.807, 2.05) is 0 Å². The van der Waals surface area contributed by atoms with E-state index >= 15 is 0 Å². The van der Waals surface area contributed by atoms with Gasteiger partial charge in [-0.25, -0.2) is 4.39 Å². The lowest BCUT2D eigenvalue weighted by Crippen LogP contribution is -2.25. The Kier molecular flexibility index (Phi) is 10.4. The summed E-state index contributed by atoms with van der Waals surface area (Å²) in [6.45, 7) is 2.64. The number of hydrogen-bond acceptors (Lipinski definition) is 4. The van der Waals surface area contributed by atoms with Gasteiger partial charge in [-0.3, -0.25) is 9.78 Å². The van der Waals surface area contributed by atoms with Gasteiger partial charge in [0.15, 0.2) is 0 Å². The predicted octanol–water partition coefficient (Wildman–Crippen LogP) is 3.61. The summed E-state index contributed by atoms with van der Waals surface area (Å²) >= 11 is 0. The van der Waals surface area contributed by atoms with E-state index in [2.05, 4.69) is 9.88 Å². The van der Waals surface area contributed by atoms with Gasteiger partial charge in [0.1, 0.15) is 6.17 Å². The van der Waals surface area contributed by atoms with Crippen LogP contribution in [0.2, 0.25) is 0 Å². The third-order valence-corrected chi connectivity index (χ3v) is 5.63. The van der Waals surface area contributed by atoms with Crippen molar-refractivity contribution >= 4 is 5.91 Å². The Hall–Kier alpha value is -1.53. The molecule has 0 spiro atoms. The number of carbonyl (C=O) groups is 1. The first-order valence-corrected chi connectivity index (χ1v) is 10.9. The summed E-state index contributed by atoms with van der Waals surface area (Å²) in [5.41, 5.74) is 12.8. The summed E-state index contributed by atoms with van der Waals surface area (Å²) in [5.74, 6) is -0.442. The molecule has 1 aliphatic heterocycles. The SMILES string of the molecule is NC(=O)c1cccnc1CC(N)CCCCCCCCCCN1CCC(F)C1. The summed E-state index contributed by atoms with van der Waals surface area (Å²) in [5, 5.41) is 0. The molecule has 2 atom stereocenters. The number of hydrogen-bond donors (Lipinski definition) is 2. The summed E-state index contributed by atoms with van der Waals surface area (Å²) in [4.78, 5) is 17.9. The number of unbranched alkanes of at least 4 members (excludes halogenated alkanes) is 7. The number of rotatable bonds is 14. The molecule has 5 nitrogen and oxygen atoms in total. The number of alkyl halides is 1. The van der Waals surface area contributed by atoms with Crippen LogP contribution in [0.15, 0.2) is 18.3 Å². The summed E-state index contributed by atoms with van der Waals surface area (Å²) in [6.07, 6.45) is 13.2. The molecule has 1 amide bonds. The van der Waals surface area contributed by atoms with Crippen molar-refractivity contribution in [1.82, 2.24) is 9.88 Å². The first kappa shape index (κ1) is 22.8. The zero-order valence-electron chi connectivity index (χ0n) is 17.1. The smallest absolute Gasteiger partial charge is 0.250 e. The van der Waals surface area contributed by atoms with Crippen LogP contribution in [0.4, 0.5) is 4.39 Å². The topological polar surface area (TPSA) is 85.2 Å². The second kappa shape index (κ2) is 12.8. The van der Waals surface area contributed by atoms with Crippen molar-refractivity contribution in [1.29, 1.82) is 0 Å². The largest absolute Gasteiger partial charge is 0.366 e. The van der Waals surface area contributed by atoms with Crippen molar-refractivity contribution in [2.45, 2.75) is 82.8 Å². The molecule has 2 heterocycles. The van der Waals surface area contributed by atoms with Crippen LogP contribution in [0.25, 0.3) is 0 Å². The lowest BCUT2D eigenvalue weighted by molar-refractivity contribution is 0.0999. The summed E-state index contributed by atoms with van der Waals surface area (Å²) < 4.78 is 13.1. The molecule has 0 radical (unpaired) electrons. The van der Waals surface area contributed by atoms with Crippen molar-refractivity contribution in [2.75, 3.05) is 19.6 Å². The zero-order valence-corrected chi connectivity index (χ0v) is 17.1. The fraction of sp³-hybridized carbons (Fsp3) is 0.727. The van der Waals surface area contributed by atoms with Crippen LogP contribution in [0.5, 0.6) is 0 Å². The van der Waals surface area contributed by atoms with E-state index in [0.29, 0.717) is 24.2 Å². The number of likely N-dealkylation sites (tertiary alicyclic amines) is 1. The van der Waals surface area contributed by atoms with Crippen LogP contribution in [0.1, 0.15) is 80.3 Å². The molecule has 0 bridgehead atoms. The van der Waals surface area contributed by atoms with Crippen molar-refractivity contribution in [3.63, 3.8) is 0 Å². The number of aromatic nitrogens is 1. The van der Waals surface area contributed by atoms with Gasteiger partial charge in [-0.2, -0.15) is 0 Å². The number of nitrogens with two attached hydrogens (primary N) is 2. The van der Waals surface area contributed by atoms with E-state index in [1.165, 1.54) is 44.9 Å². The van der Waals surface area contributed by atoms with Crippen LogP contribution < -0.4 is 11.5 Å². The highest BCUT2D eigenvalue weighted by Crippen LogP contribution is 2.15. The zero-order chi connectivity index (χ0) is 20.2. The van der Waals surface area contributed by atoms with Gasteiger partial charge < -0.3 is 16.4 Å². The monoisotopic (exact) mass is 392 g/mol. The molecular weight excluding hydrogens is 355 g/mol. The Morgan fingerprint density at radius 2 is 1.86 bits per heavy atom. The van der Waals surface area contributed by atoms with Gasteiger partial charge >= 0.3 is 0 Å². The first-order chi connectivity index (χ1) is 13.6. The molecule has 2 rings (SSSR count). The van der Waals surface area contributed by atoms with Gasteiger partial charge in [0.05, 0.1) is 11.3 Å². The van der Waals surface area contributed by atoms with Crippen LogP contribution in [-0.4, -0.2) is 47.6 Å². The maximum atomic E-state index is 13.1. The number of primary amides is 1. The van der Waals surface area contributed by atoms with Crippen molar-refractivity contribution in [3.05, 3.63) is 29.6 Å². The molecule has 1 aromatic rings. The van der Waals surface area contributed by atoms with E-state index in [4.69, 9.17) is 11.5 Å². The van der Waals surface area contributed by atoms with Crippen molar-refractivity contribution in [3.8, 4) is 0 Å². The fourth-order valence-corrected chi connectivity index (χ4v) is 3.97. The van der Waals surface area contributed by atoms with E-state index in [0.717, 1.165) is 32.4 Å². The minimum Gasteiger partial charge on any atom is -0.366 e. The van der Waals surface area contributed by atoms with E-state index in [1.54, 1.807) is 18.3 Å². The maximum Gasteiger partial charge on any atom is 0.250 e. The molecule has 1 aromatic heterocycles. The summed E-state index contributed by atoms with van der Waals surface area (Å²) in [6, 6.07) is 3.45. The van der Waals surface area contributed by atoms with Crippen molar-refractivity contribution < 1.29 is 9.18 Å². The second-order valence-electron chi connectivity index (χ2n) is 8.13. The lowest BCUT2D eigenvalue weighted by atomic mass is 10.00. The molecule has 4 N–H and O–H groups in total. The Bertz CT molecular complexity index is 583. The summed E-state index contributed by atoms with van der Waals surface area (Å²) in [7, 11) is 0. The number of halogens is 1. The third-order valence-electron chi connectivity index (χ3n) is 5.63. The molecule has 0 aromatic carbocycles. The first-order valence-electron chi connectivity index (χ1n) is 10.9. The van der Waals surface area contributed by atoms with Gasteiger partial charge in [0.2, 0.25) is 0 Å². The van der Waals surface area contributed by atoms with Gasteiger partial charge in [-0.1, -0.05) is 44.9 Å². The van der Waals surface area contributed by atoms with Crippen LogP contribution in [0, 0.1) is 0 Å². The lowest BCUT2D eigenvalue weighted by Gasteiger charge is -2.14. The van der Waals surface area contributed by atoms with Gasteiger partial charge in [0.25, 0.3) is 5.91 Å². The van der Waals surface area contributed by atoms with Crippen LogP contribution >= 0.6 is 0 Å². The quantitative estimate of drug-likeness (QED) is 0.474. The molecule has 2 unspecified atom stereocenters. The molecule has 1 saturated heterocycles. The Labute approximate surface area is 169 Å². The second-order valence-corrected chi connectivity index (χ2v) is 8.13. The third kappa shape index (κ3) is 8.65. The number of amides is 1. The Morgan fingerprint density at radius 3 is 2.50 bits per heavy atom. The highest BCUT2D eigenvalue weighted by molar-refractivity contribution is 5.93. The molecule has 0 aliphatic carbocycles. The van der Waals surface area contributed by atoms with E-state index < -0.39 is 12.1 Å². The molecular formula is C22H37FN4O. The minimum atomic E-state index is -0.595. The standard InChI is InChI=1S/C22H37FN4O/c23-18-12-15-27(17-18)14-8-6-4-2-1-3-5-7-10-19(24)16-21-20(22(25)28)11-9-13-26-21/h9,11,13,18-19H,1-8,10,12,14-17,24H2,(H2,25,28). The minimum absolute atomic E-state index is 0.0162. The highest BCUT2D eigenvalue weighted by atomic mass is 19.1. The average Bonchev–Trinajstić information content (AvgIpc) is 3.08. The molecule has 1 fully saturated rings. The maximum absolute atomic E-state index is 13.1. The molecule has 6 heteroatoms. The number of nitrogens with zero attached hydrogens (tertiary/aromatic N) is 2. The fourth-order valence-electron chi connectivity index (χ4n) is 3.97. The van der Waals surface area contributed by atoms with Crippen molar-refractivity contribution in [2.24, 2.45) is 11.5 Å². The predicted molar refractivity (Wildman–Crippen MR) is 112 cm³/mol. The normalized spacial score (nSPS) is 18.4. The average molecular weight is 393 g/mol. The van der Waals surface area contributed by atoms with Gasteiger partial charge in [-0.15, -0.1) is 0 Å². The van der Waals surface area contributed by atoms with Crippen LogP contribution in [-0.2, 0) is 6.42 Å². The number of carbonyl (C=O) groups excluding carboxylic acids is 1.